The van der Waals surface area contributed by atoms with Crippen molar-refractivity contribution in [2.75, 3.05) is 0 Å². The lowest BCUT2D eigenvalue weighted by Gasteiger charge is -2.56. The number of hydrogen-bond acceptors (Lipinski definition) is 2. The normalized spacial score (nSPS) is 47.0. The van der Waals surface area contributed by atoms with Gasteiger partial charge in [-0.3, -0.25) is 4.79 Å². The van der Waals surface area contributed by atoms with Crippen LogP contribution in [0.4, 0.5) is 0 Å². The molecule has 0 bridgehead atoms. The smallest absolute Gasteiger partial charge is 0.155 e. The summed E-state index contributed by atoms with van der Waals surface area (Å²) in [6.45, 7) is 6.46. The topological polar surface area (TPSA) is 40.9 Å². The Hall–Kier alpha value is -1.36. The van der Waals surface area contributed by atoms with Gasteiger partial charge in [-0.1, -0.05) is 18.6 Å². The van der Waals surface area contributed by atoms with Crippen LogP contribution in [0.1, 0.15) is 58.3 Å². The van der Waals surface area contributed by atoms with Gasteiger partial charge in [0, 0.05) is 6.42 Å². The highest BCUT2D eigenvalue weighted by molar-refractivity contribution is 5.91. The molecule has 0 aromatic rings. The van der Waals surface area contributed by atoms with E-state index in [1.807, 2.05) is 6.08 Å². The number of carbonyl (C=O) groups is 1. The monoisotopic (exact) mass is 323 g/mol. The van der Waals surface area contributed by atoms with Crippen LogP contribution in [-0.4, -0.2) is 5.78 Å². The van der Waals surface area contributed by atoms with E-state index in [2.05, 4.69) is 25.6 Å². The van der Waals surface area contributed by atoms with E-state index in [0.717, 1.165) is 32.1 Å². The summed E-state index contributed by atoms with van der Waals surface area (Å²) in [5.41, 5.74) is 1.67. The molecule has 128 valence electrons. The van der Waals surface area contributed by atoms with Gasteiger partial charge in [-0.05, 0) is 86.0 Å². The number of ketones is 1. The maximum Gasteiger partial charge on any atom is 0.155 e. The van der Waals surface area contributed by atoms with Crippen LogP contribution in [0.5, 0.6) is 0 Å². The van der Waals surface area contributed by atoms with Gasteiger partial charge in [-0.15, -0.1) is 6.58 Å². The Morgan fingerprint density at radius 2 is 2.21 bits per heavy atom. The van der Waals surface area contributed by atoms with Crippen LogP contribution in [0.2, 0.25) is 0 Å². The third-order valence-corrected chi connectivity index (χ3v) is 8.22. The van der Waals surface area contributed by atoms with E-state index >= 15 is 0 Å². The Morgan fingerprint density at radius 1 is 1.38 bits per heavy atom. The van der Waals surface area contributed by atoms with Crippen LogP contribution in [0.15, 0.2) is 24.3 Å². The van der Waals surface area contributed by atoms with E-state index < -0.39 is 0 Å². The lowest BCUT2D eigenvalue weighted by molar-refractivity contribution is -0.116. The minimum atomic E-state index is 0.253. The van der Waals surface area contributed by atoms with E-state index in [4.69, 9.17) is 0 Å². The summed E-state index contributed by atoms with van der Waals surface area (Å²) in [5, 5.41) is 9.72. The Labute approximate surface area is 146 Å². The predicted octanol–water partition coefficient (Wildman–Crippen LogP) is 5.07. The Bertz CT molecular complexity index is 626. The molecular weight excluding hydrogens is 294 g/mol. The maximum atomic E-state index is 11.9. The summed E-state index contributed by atoms with van der Waals surface area (Å²) in [5.74, 6) is 3.79. The molecule has 0 radical (unpaired) electrons. The highest BCUT2D eigenvalue weighted by Gasteiger charge is 2.59. The number of hydrogen-bond donors (Lipinski definition) is 0. The molecule has 0 amide bonds. The Morgan fingerprint density at radius 3 is 2.92 bits per heavy atom. The Balaban J connectivity index is 1.72. The van der Waals surface area contributed by atoms with E-state index in [0.29, 0.717) is 35.4 Å². The zero-order valence-corrected chi connectivity index (χ0v) is 14.8. The first-order valence-electron chi connectivity index (χ1n) is 9.90. The molecule has 0 aliphatic heterocycles. The standard InChI is InChI=1S/C22H29NO/c1-3-14-11-15-12-17(24)6-7-18(15)19-9-10-22(4-2)16(13-23)5-8-20(22)21(14)19/h3,12,14,16,18-21H,1,4-11H2,2H3/t14-,16?,18-,19+,20-,21+,22+/m0/s1. The first kappa shape index (κ1) is 16.1. The van der Waals surface area contributed by atoms with Crippen LogP contribution >= 0.6 is 0 Å². The molecule has 3 saturated carbocycles. The number of nitriles is 1. The predicted molar refractivity (Wildman–Crippen MR) is 94.9 cm³/mol. The first-order chi connectivity index (χ1) is 11.6. The van der Waals surface area contributed by atoms with Crippen molar-refractivity contribution in [2.45, 2.75) is 58.3 Å². The lowest BCUT2D eigenvalue weighted by Crippen LogP contribution is -2.50. The summed E-state index contributed by atoms with van der Waals surface area (Å²) < 4.78 is 0. The second-order valence-electron chi connectivity index (χ2n) is 8.67. The molecule has 0 saturated heterocycles. The molecule has 3 fully saturated rings. The highest BCUT2D eigenvalue weighted by atomic mass is 16.1. The van der Waals surface area contributed by atoms with Crippen molar-refractivity contribution in [3.63, 3.8) is 0 Å². The molecule has 4 aliphatic rings. The largest absolute Gasteiger partial charge is 0.295 e. The van der Waals surface area contributed by atoms with Gasteiger partial charge in [0.1, 0.15) is 0 Å². The van der Waals surface area contributed by atoms with Gasteiger partial charge >= 0.3 is 0 Å². The second-order valence-corrected chi connectivity index (χ2v) is 8.67. The second kappa shape index (κ2) is 5.87. The zero-order chi connectivity index (χ0) is 16.9. The van der Waals surface area contributed by atoms with Crippen LogP contribution in [0, 0.1) is 52.3 Å². The summed E-state index contributed by atoms with van der Waals surface area (Å²) in [6.07, 6.45) is 12.9. The average Bonchev–Trinajstić information content (AvgIpc) is 2.99. The summed E-state index contributed by atoms with van der Waals surface area (Å²) in [6, 6.07) is 2.66. The quantitative estimate of drug-likeness (QED) is 0.666. The van der Waals surface area contributed by atoms with Gasteiger partial charge in [-0.25, -0.2) is 0 Å². The van der Waals surface area contributed by atoms with Gasteiger partial charge in [0.2, 0.25) is 0 Å². The van der Waals surface area contributed by atoms with E-state index in [9.17, 15) is 10.1 Å². The van der Waals surface area contributed by atoms with Crippen molar-refractivity contribution < 1.29 is 4.79 Å². The minimum Gasteiger partial charge on any atom is -0.295 e. The summed E-state index contributed by atoms with van der Waals surface area (Å²) in [4.78, 5) is 11.9. The third kappa shape index (κ3) is 2.10. The molecule has 24 heavy (non-hydrogen) atoms. The SMILES string of the molecule is C=C[C@H]1CC2=CC(=O)CC[C@@H]2[C@H]2CC[C@]3(CC)C(C#N)CC[C@H]3[C@@H]21. The number of carbonyl (C=O) groups excluding carboxylic acids is 1. The lowest BCUT2D eigenvalue weighted by atomic mass is 9.48. The van der Waals surface area contributed by atoms with Gasteiger partial charge in [0.25, 0.3) is 0 Å². The number of allylic oxidation sites excluding steroid dienone is 2. The van der Waals surface area contributed by atoms with Gasteiger partial charge in [-0.2, -0.15) is 5.26 Å². The molecular formula is C22H29NO. The molecule has 0 heterocycles. The van der Waals surface area contributed by atoms with E-state index in [1.165, 1.54) is 24.8 Å². The fourth-order valence-corrected chi connectivity index (χ4v) is 7.22. The van der Waals surface area contributed by atoms with Crippen molar-refractivity contribution in [2.24, 2.45) is 40.9 Å². The molecule has 2 nitrogen and oxygen atoms in total. The molecule has 1 unspecified atom stereocenters. The van der Waals surface area contributed by atoms with Crippen LogP contribution < -0.4 is 0 Å². The van der Waals surface area contributed by atoms with E-state index in [1.54, 1.807) is 0 Å². The first-order valence-corrected chi connectivity index (χ1v) is 9.90. The molecule has 0 N–H and O–H groups in total. The van der Waals surface area contributed by atoms with Crippen molar-refractivity contribution in [1.82, 2.24) is 0 Å². The highest BCUT2D eigenvalue weighted by Crippen LogP contribution is 2.66. The number of rotatable bonds is 2. The maximum absolute atomic E-state index is 11.9. The van der Waals surface area contributed by atoms with Crippen molar-refractivity contribution in [1.29, 1.82) is 5.26 Å². The minimum absolute atomic E-state index is 0.253. The van der Waals surface area contributed by atoms with Crippen molar-refractivity contribution in [3.8, 4) is 6.07 Å². The van der Waals surface area contributed by atoms with Crippen molar-refractivity contribution >= 4 is 5.78 Å². The van der Waals surface area contributed by atoms with Gasteiger partial charge < -0.3 is 0 Å². The molecule has 0 spiro atoms. The van der Waals surface area contributed by atoms with Crippen LogP contribution in [0.3, 0.4) is 0 Å². The summed E-state index contributed by atoms with van der Waals surface area (Å²) >= 11 is 0. The summed E-state index contributed by atoms with van der Waals surface area (Å²) in [7, 11) is 0. The molecule has 2 heteroatoms. The fraction of sp³-hybridized carbons (Fsp3) is 0.727. The van der Waals surface area contributed by atoms with Gasteiger partial charge in [0.15, 0.2) is 5.78 Å². The Kier molecular flexibility index (Phi) is 3.94. The third-order valence-electron chi connectivity index (χ3n) is 8.22. The number of fused-ring (bicyclic) bond motifs is 5. The zero-order valence-electron chi connectivity index (χ0n) is 14.8. The van der Waals surface area contributed by atoms with Crippen LogP contribution in [-0.2, 0) is 4.79 Å². The van der Waals surface area contributed by atoms with Crippen LogP contribution in [0.25, 0.3) is 0 Å². The number of nitrogens with zero attached hydrogens (tertiary/aromatic N) is 1. The molecule has 0 aromatic carbocycles. The average molecular weight is 323 g/mol. The molecule has 4 rings (SSSR count). The van der Waals surface area contributed by atoms with Gasteiger partial charge in [0.05, 0.1) is 12.0 Å². The molecule has 4 aliphatic carbocycles. The van der Waals surface area contributed by atoms with Crippen molar-refractivity contribution in [3.05, 3.63) is 24.3 Å². The fourth-order valence-electron chi connectivity index (χ4n) is 7.22. The van der Waals surface area contributed by atoms with E-state index in [-0.39, 0.29) is 11.3 Å². The molecule has 7 atom stereocenters. The molecule has 0 aromatic heterocycles.